The van der Waals surface area contributed by atoms with Gasteiger partial charge in [-0.2, -0.15) is 0 Å². The molecular weight excluding hydrogens is 398 g/mol. The first-order valence-corrected chi connectivity index (χ1v) is 12.4. The number of piperidine rings is 1. The van der Waals surface area contributed by atoms with E-state index in [4.69, 9.17) is 0 Å². The molecule has 5 nitrogen and oxygen atoms in total. The summed E-state index contributed by atoms with van der Waals surface area (Å²) in [5.41, 5.74) is 3.74. The molecule has 2 heterocycles. The average Bonchev–Trinajstić information content (AvgIpc) is 3.09. The molecule has 0 bridgehead atoms. The number of pyridine rings is 1. The number of hydrogen-bond acceptors (Lipinski definition) is 3. The summed E-state index contributed by atoms with van der Waals surface area (Å²) in [5, 5.41) is 3.12. The van der Waals surface area contributed by atoms with Gasteiger partial charge in [-0.15, -0.1) is 0 Å². The van der Waals surface area contributed by atoms with Crippen LogP contribution in [0.3, 0.4) is 0 Å². The highest BCUT2D eigenvalue weighted by Crippen LogP contribution is 2.66. The average molecular weight is 436 g/mol. The summed E-state index contributed by atoms with van der Waals surface area (Å²) in [5.74, 6) is 2.90. The highest BCUT2D eigenvalue weighted by Gasteiger charge is 2.61. The summed E-state index contributed by atoms with van der Waals surface area (Å²) >= 11 is 0. The molecule has 1 aromatic rings. The van der Waals surface area contributed by atoms with Gasteiger partial charge in [-0.05, 0) is 87.7 Å². The van der Waals surface area contributed by atoms with Crippen molar-refractivity contribution in [3.8, 4) is 0 Å². The molecule has 1 N–H and O–H groups in total. The lowest BCUT2D eigenvalue weighted by Gasteiger charge is -2.59. The summed E-state index contributed by atoms with van der Waals surface area (Å²) in [6, 6.07) is 5.78. The molecule has 0 aromatic carbocycles. The highest BCUT2D eigenvalue weighted by atomic mass is 16.2. The van der Waals surface area contributed by atoms with Crippen LogP contribution in [0.15, 0.2) is 29.5 Å². The standard InChI is InChI=1S/C27H37N3O2/c1-16-15-18-19-9-10-21(25(32)29-22-8-6-7-17(2)28-22)26(19,3)13-11-20(18)27(4)14-12-23(31)30(5)24(16)27/h6-8,18-21H,9-15H2,1-5H3,(H,28,29,32)/t18-,19-,20-,21+,26-,27+/m0/s1. The molecule has 1 aliphatic heterocycles. The lowest BCUT2D eigenvalue weighted by Crippen LogP contribution is -2.54. The fraction of sp³-hybridized carbons (Fsp3) is 0.667. The van der Waals surface area contributed by atoms with E-state index in [1.54, 1.807) is 0 Å². The summed E-state index contributed by atoms with van der Waals surface area (Å²) in [4.78, 5) is 32.3. The molecule has 6 atom stereocenters. The van der Waals surface area contributed by atoms with Gasteiger partial charge < -0.3 is 10.2 Å². The zero-order valence-corrected chi connectivity index (χ0v) is 20.2. The van der Waals surface area contributed by atoms with Crippen LogP contribution in [0, 0.1) is 41.4 Å². The summed E-state index contributed by atoms with van der Waals surface area (Å²) in [7, 11) is 1.97. The van der Waals surface area contributed by atoms with Gasteiger partial charge in [0.25, 0.3) is 0 Å². The largest absolute Gasteiger partial charge is 0.319 e. The van der Waals surface area contributed by atoms with E-state index in [1.807, 2.05) is 37.1 Å². The quantitative estimate of drug-likeness (QED) is 0.683. The van der Waals surface area contributed by atoms with Crippen LogP contribution >= 0.6 is 0 Å². The zero-order valence-electron chi connectivity index (χ0n) is 20.2. The van der Waals surface area contributed by atoms with Crippen LogP contribution in [0.1, 0.15) is 71.4 Å². The van der Waals surface area contributed by atoms with Crippen LogP contribution in [-0.2, 0) is 9.59 Å². The molecular formula is C27H37N3O2. The number of nitrogens with zero attached hydrogens (tertiary/aromatic N) is 2. The molecule has 3 aliphatic carbocycles. The fourth-order valence-electron chi connectivity index (χ4n) is 8.37. The van der Waals surface area contributed by atoms with Crippen molar-refractivity contribution in [3.63, 3.8) is 0 Å². The summed E-state index contributed by atoms with van der Waals surface area (Å²) in [6.07, 6.45) is 7.04. The van der Waals surface area contributed by atoms with Crippen LogP contribution < -0.4 is 5.32 Å². The van der Waals surface area contributed by atoms with Gasteiger partial charge in [-0.1, -0.05) is 25.5 Å². The molecule has 2 amide bonds. The van der Waals surface area contributed by atoms with Crippen molar-refractivity contribution in [2.45, 2.75) is 72.6 Å². The number of carbonyl (C=O) groups is 2. The highest BCUT2D eigenvalue weighted by molar-refractivity contribution is 5.92. The second-order valence-corrected chi connectivity index (χ2v) is 11.4. The number of aryl methyl sites for hydroxylation is 1. The number of fused-ring (bicyclic) bond motifs is 5. The minimum Gasteiger partial charge on any atom is -0.319 e. The van der Waals surface area contributed by atoms with Crippen LogP contribution in [0.25, 0.3) is 0 Å². The third-order valence-corrected chi connectivity index (χ3v) is 9.77. The second-order valence-electron chi connectivity index (χ2n) is 11.4. The first kappa shape index (κ1) is 21.7. The molecule has 4 aliphatic rings. The maximum atomic E-state index is 13.4. The number of amides is 2. The molecule has 0 spiro atoms. The number of likely N-dealkylation sites (tertiary alicyclic amines) is 1. The van der Waals surface area contributed by atoms with Crippen LogP contribution in [-0.4, -0.2) is 28.7 Å². The molecule has 32 heavy (non-hydrogen) atoms. The van der Waals surface area contributed by atoms with E-state index in [1.165, 1.54) is 11.3 Å². The van der Waals surface area contributed by atoms with E-state index >= 15 is 0 Å². The predicted octanol–water partition coefficient (Wildman–Crippen LogP) is 5.32. The first-order valence-electron chi connectivity index (χ1n) is 12.4. The molecule has 1 aromatic heterocycles. The lowest BCUT2D eigenvalue weighted by molar-refractivity contribution is -0.137. The van der Waals surface area contributed by atoms with Crippen molar-refractivity contribution in [1.82, 2.24) is 9.88 Å². The Balaban J connectivity index is 1.42. The molecule has 1 saturated heterocycles. The van der Waals surface area contributed by atoms with Crippen LogP contribution in [0.2, 0.25) is 0 Å². The van der Waals surface area contributed by atoms with Gasteiger partial charge in [0.2, 0.25) is 11.8 Å². The Labute approximate surface area is 192 Å². The van der Waals surface area contributed by atoms with Crippen molar-refractivity contribution in [2.24, 2.45) is 34.5 Å². The summed E-state index contributed by atoms with van der Waals surface area (Å²) < 4.78 is 0. The Morgan fingerprint density at radius 2 is 1.91 bits per heavy atom. The number of anilines is 1. The molecule has 0 unspecified atom stereocenters. The molecule has 5 heteroatoms. The van der Waals surface area contributed by atoms with E-state index in [0.29, 0.717) is 30.0 Å². The van der Waals surface area contributed by atoms with Gasteiger partial charge in [0.1, 0.15) is 5.82 Å². The number of carbonyl (C=O) groups excluding carboxylic acids is 2. The normalized spacial score (nSPS) is 38.8. The smallest absolute Gasteiger partial charge is 0.229 e. The van der Waals surface area contributed by atoms with Gasteiger partial charge in [0, 0.05) is 36.2 Å². The maximum absolute atomic E-state index is 13.4. The minimum absolute atomic E-state index is 0.0413. The fourth-order valence-corrected chi connectivity index (χ4v) is 8.37. The van der Waals surface area contributed by atoms with Crippen molar-refractivity contribution < 1.29 is 9.59 Å². The van der Waals surface area contributed by atoms with Crippen molar-refractivity contribution in [1.29, 1.82) is 0 Å². The van der Waals surface area contributed by atoms with Crippen molar-refractivity contribution in [2.75, 3.05) is 12.4 Å². The van der Waals surface area contributed by atoms with Crippen molar-refractivity contribution in [3.05, 3.63) is 35.2 Å². The molecule has 2 saturated carbocycles. The van der Waals surface area contributed by atoms with E-state index < -0.39 is 0 Å². The Hall–Kier alpha value is -2.17. The first-order chi connectivity index (χ1) is 15.1. The molecule has 5 rings (SSSR count). The van der Waals surface area contributed by atoms with Crippen molar-refractivity contribution >= 4 is 17.6 Å². The van der Waals surface area contributed by atoms with Crippen LogP contribution in [0.5, 0.6) is 0 Å². The Bertz CT molecular complexity index is 1000. The minimum atomic E-state index is 0.0413. The summed E-state index contributed by atoms with van der Waals surface area (Å²) in [6.45, 7) is 8.99. The third kappa shape index (κ3) is 3.07. The third-order valence-electron chi connectivity index (χ3n) is 9.77. The second kappa shape index (κ2) is 7.43. The Kier molecular flexibility index (Phi) is 5.03. The molecule has 0 radical (unpaired) electrons. The van der Waals surface area contributed by atoms with Gasteiger partial charge in [-0.25, -0.2) is 4.98 Å². The number of rotatable bonds is 2. The molecule has 172 valence electrons. The number of allylic oxidation sites excluding steroid dienone is 2. The predicted molar refractivity (Wildman–Crippen MR) is 126 cm³/mol. The van der Waals surface area contributed by atoms with E-state index in [9.17, 15) is 9.59 Å². The number of aromatic nitrogens is 1. The van der Waals surface area contributed by atoms with E-state index in [0.717, 1.165) is 44.2 Å². The van der Waals surface area contributed by atoms with Gasteiger partial charge in [-0.3, -0.25) is 9.59 Å². The lowest BCUT2D eigenvalue weighted by atomic mass is 9.48. The maximum Gasteiger partial charge on any atom is 0.229 e. The Morgan fingerprint density at radius 3 is 2.66 bits per heavy atom. The van der Waals surface area contributed by atoms with Gasteiger partial charge >= 0.3 is 0 Å². The monoisotopic (exact) mass is 435 g/mol. The van der Waals surface area contributed by atoms with E-state index in [-0.39, 0.29) is 28.6 Å². The molecule has 3 fully saturated rings. The SMILES string of the molecule is CC1=C2N(C)C(=O)CC[C@]2(C)[C@H]2CC[C@]3(C)[C@@H](C(=O)Nc4cccc(C)n4)CC[C@H]3[C@@H]2C1. The van der Waals surface area contributed by atoms with E-state index in [2.05, 4.69) is 31.1 Å². The van der Waals surface area contributed by atoms with Gasteiger partial charge in [0.05, 0.1) is 0 Å². The Morgan fingerprint density at radius 1 is 1.12 bits per heavy atom. The number of nitrogens with one attached hydrogen (secondary N) is 1. The van der Waals surface area contributed by atoms with Crippen LogP contribution in [0.4, 0.5) is 5.82 Å². The number of hydrogen-bond donors (Lipinski definition) is 1. The zero-order chi connectivity index (χ0) is 22.8. The topological polar surface area (TPSA) is 62.3 Å². The van der Waals surface area contributed by atoms with Gasteiger partial charge in [0.15, 0.2) is 0 Å².